The Morgan fingerprint density at radius 2 is 1.69 bits per heavy atom. The number of benzene rings is 1. The molecule has 0 N–H and O–H groups in total. The highest BCUT2D eigenvalue weighted by Crippen LogP contribution is 2.46. The van der Waals surface area contributed by atoms with Crippen LogP contribution in [0.5, 0.6) is 0 Å². The van der Waals surface area contributed by atoms with Crippen LogP contribution in [0.25, 0.3) is 0 Å². The van der Waals surface area contributed by atoms with E-state index in [1.165, 1.54) is 0 Å². The first kappa shape index (κ1) is 12.3. The van der Waals surface area contributed by atoms with Gasteiger partial charge in [0.15, 0.2) is 0 Å². The molecule has 0 heterocycles. The largest absolute Gasteiger partial charge is 0.109 e. The van der Waals surface area contributed by atoms with Crippen molar-refractivity contribution in [1.29, 1.82) is 0 Å². The molecule has 16 heavy (non-hydrogen) atoms. The second kappa shape index (κ2) is 4.62. The van der Waals surface area contributed by atoms with Crippen LogP contribution in [0.2, 0.25) is 15.1 Å². The van der Waals surface area contributed by atoms with E-state index in [0.29, 0.717) is 27.1 Å². The number of halogens is 4. The van der Waals surface area contributed by atoms with Crippen molar-refractivity contribution in [2.75, 3.05) is 0 Å². The molecule has 0 radical (unpaired) electrons. The highest BCUT2D eigenvalue weighted by atomic mass is 35.5. The molecule has 0 nitrogen and oxygen atoms in total. The van der Waals surface area contributed by atoms with Crippen molar-refractivity contribution in [2.24, 2.45) is 0 Å². The standard InChI is InChI=1S/C12H8Cl4/c13-8-4-5-9(14)11(15)10(8)12(16)6-2-1-3-7-12/h1-6H,7H2. The Morgan fingerprint density at radius 3 is 2.31 bits per heavy atom. The van der Waals surface area contributed by atoms with Crippen molar-refractivity contribution >= 4 is 46.4 Å². The van der Waals surface area contributed by atoms with Crippen LogP contribution >= 0.6 is 46.4 Å². The second-order valence-corrected chi connectivity index (χ2v) is 5.44. The molecule has 2 rings (SSSR count). The van der Waals surface area contributed by atoms with Crippen molar-refractivity contribution in [1.82, 2.24) is 0 Å². The van der Waals surface area contributed by atoms with Gasteiger partial charge in [-0.15, -0.1) is 11.6 Å². The van der Waals surface area contributed by atoms with Crippen LogP contribution in [0.4, 0.5) is 0 Å². The quantitative estimate of drug-likeness (QED) is 0.467. The molecule has 0 aliphatic heterocycles. The average molecular weight is 294 g/mol. The van der Waals surface area contributed by atoms with Crippen LogP contribution in [0.1, 0.15) is 12.0 Å². The van der Waals surface area contributed by atoms with E-state index in [2.05, 4.69) is 0 Å². The lowest BCUT2D eigenvalue weighted by Crippen LogP contribution is -2.17. The Kier molecular flexibility index (Phi) is 3.56. The third-order valence-corrected chi connectivity index (χ3v) is 4.07. The summed E-state index contributed by atoms with van der Waals surface area (Å²) in [6, 6.07) is 3.37. The summed E-state index contributed by atoms with van der Waals surface area (Å²) < 4.78 is 0. The Morgan fingerprint density at radius 1 is 1.00 bits per heavy atom. The number of rotatable bonds is 1. The molecule has 1 unspecified atom stereocenters. The molecule has 1 atom stereocenters. The normalized spacial score (nSPS) is 23.8. The molecule has 0 saturated heterocycles. The fraction of sp³-hybridized carbons (Fsp3) is 0.167. The van der Waals surface area contributed by atoms with E-state index in [0.717, 1.165) is 0 Å². The van der Waals surface area contributed by atoms with Gasteiger partial charge in [0, 0.05) is 10.6 Å². The molecule has 84 valence electrons. The van der Waals surface area contributed by atoms with E-state index < -0.39 is 4.87 Å². The first-order valence-electron chi connectivity index (χ1n) is 4.72. The third-order valence-electron chi connectivity index (χ3n) is 2.48. The van der Waals surface area contributed by atoms with Crippen molar-refractivity contribution in [3.8, 4) is 0 Å². The predicted molar refractivity (Wildman–Crippen MR) is 71.9 cm³/mol. The lowest BCUT2D eigenvalue weighted by atomic mass is 9.91. The number of alkyl halides is 1. The molecule has 0 amide bonds. The van der Waals surface area contributed by atoms with E-state index in [1.54, 1.807) is 12.1 Å². The van der Waals surface area contributed by atoms with Gasteiger partial charge >= 0.3 is 0 Å². The van der Waals surface area contributed by atoms with Gasteiger partial charge in [0.05, 0.1) is 14.9 Å². The summed E-state index contributed by atoms with van der Waals surface area (Å²) in [4.78, 5) is -0.701. The van der Waals surface area contributed by atoms with Crippen molar-refractivity contribution in [2.45, 2.75) is 11.3 Å². The first-order valence-corrected chi connectivity index (χ1v) is 6.23. The van der Waals surface area contributed by atoms with E-state index >= 15 is 0 Å². The summed E-state index contributed by atoms with van der Waals surface area (Å²) in [6.07, 6.45) is 8.31. The molecule has 0 saturated carbocycles. The first-order chi connectivity index (χ1) is 7.54. The molecular formula is C12H8Cl4. The molecule has 0 spiro atoms. The number of allylic oxidation sites excluding steroid dienone is 4. The van der Waals surface area contributed by atoms with Crippen molar-refractivity contribution < 1.29 is 0 Å². The zero-order valence-electron chi connectivity index (χ0n) is 8.18. The summed E-state index contributed by atoms with van der Waals surface area (Å²) in [5.74, 6) is 0. The predicted octanol–water partition coefficient (Wildman–Crippen LogP) is 5.60. The van der Waals surface area contributed by atoms with Gasteiger partial charge in [0.1, 0.15) is 0 Å². The lowest BCUT2D eigenvalue weighted by Gasteiger charge is -2.26. The van der Waals surface area contributed by atoms with Gasteiger partial charge in [-0.3, -0.25) is 0 Å². The Bertz CT molecular complexity index is 476. The van der Waals surface area contributed by atoms with Gasteiger partial charge in [0.2, 0.25) is 0 Å². The monoisotopic (exact) mass is 292 g/mol. The molecule has 1 aromatic carbocycles. The molecule has 4 heteroatoms. The maximum Gasteiger partial charge on any atom is 0.0941 e. The summed E-state index contributed by atoms with van der Waals surface area (Å²) in [6.45, 7) is 0. The van der Waals surface area contributed by atoms with E-state index in [1.807, 2.05) is 24.3 Å². The van der Waals surface area contributed by atoms with Gasteiger partial charge in [-0.2, -0.15) is 0 Å². The lowest BCUT2D eigenvalue weighted by molar-refractivity contribution is 0.764. The average Bonchev–Trinajstić information content (AvgIpc) is 2.25. The second-order valence-electron chi connectivity index (χ2n) is 3.57. The van der Waals surface area contributed by atoms with Crippen molar-refractivity contribution in [3.63, 3.8) is 0 Å². The van der Waals surface area contributed by atoms with Gasteiger partial charge in [0.25, 0.3) is 0 Å². The third kappa shape index (κ3) is 2.12. The molecule has 1 aromatic rings. The van der Waals surface area contributed by atoms with Crippen LogP contribution in [-0.4, -0.2) is 0 Å². The SMILES string of the molecule is Clc1ccc(Cl)c(C2(Cl)C=CC=CC2)c1Cl. The minimum absolute atomic E-state index is 0.420. The fourth-order valence-corrected chi connectivity index (χ4v) is 3.01. The van der Waals surface area contributed by atoms with Crippen LogP contribution < -0.4 is 0 Å². The smallest absolute Gasteiger partial charge is 0.0941 e. The van der Waals surface area contributed by atoms with Gasteiger partial charge in [-0.25, -0.2) is 0 Å². The zero-order valence-corrected chi connectivity index (χ0v) is 11.2. The van der Waals surface area contributed by atoms with Gasteiger partial charge < -0.3 is 0 Å². The number of hydrogen-bond donors (Lipinski definition) is 0. The maximum absolute atomic E-state index is 6.52. The summed E-state index contributed by atoms with van der Waals surface area (Å²) in [5, 5.41) is 1.41. The molecule has 0 bridgehead atoms. The van der Waals surface area contributed by atoms with Crippen LogP contribution in [0.3, 0.4) is 0 Å². The highest BCUT2D eigenvalue weighted by Gasteiger charge is 2.31. The molecular weight excluding hydrogens is 286 g/mol. The molecule has 1 aliphatic rings. The summed E-state index contributed by atoms with van der Waals surface area (Å²) in [5.41, 5.74) is 0.672. The summed E-state index contributed by atoms with van der Waals surface area (Å²) >= 11 is 24.8. The Labute approximate surface area is 114 Å². The topological polar surface area (TPSA) is 0 Å². The minimum atomic E-state index is -0.701. The van der Waals surface area contributed by atoms with Gasteiger partial charge in [-0.05, 0) is 18.6 Å². The molecule has 1 aliphatic carbocycles. The highest BCUT2D eigenvalue weighted by molar-refractivity contribution is 6.45. The van der Waals surface area contributed by atoms with Crippen LogP contribution in [0, 0.1) is 0 Å². The van der Waals surface area contributed by atoms with Crippen LogP contribution in [-0.2, 0) is 4.87 Å². The Hall–Kier alpha value is -0.140. The molecule has 0 aromatic heterocycles. The van der Waals surface area contributed by atoms with Crippen molar-refractivity contribution in [3.05, 3.63) is 57.1 Å². The van der Waals surface area contributed by atoms with Gasteiger partial charge in [-0.1, -0.05) is 59.1 Å². The number of hydrogen-bond acceptors (Lipinski definition) is 0. The zero-order chi connectivity index (χ0) is 11.8. The van der Waals surface area contributed by atoms with E-state index in [9.17, 15) is 0 Å². The molecule has 0 fully saturated rings. The summed E-state index contributed by atoms with van der Waals surface area (Å²) in [7, 11) is 0. The maximum atomic E-state index is 6.52. The van der Waals surface area contributed by atoms with E-state index in [-0.39, 0.29) is 0 Å². The minimum Gasteiger partial charge on any atom is -0.109 e. The Balaban J connectivity index is 2.59. The van der Waals surface area contributed by atoms with E-state index in [4.69, 9.17) is 46.4 Å². The fourth-order valence-electron chi connectivity index (χ4n) is 1.69. The van der Waals surface area contributed by atoms with Crippen LogP contribution in [0.15, 0.2) is 36.4 Å².